The van der Waals surface area contributed by atoms with E-state index >= 15 is 0 Å². The van der Waals surface area contributed by atoms with Crippen molar-refractivity contribution in [1.29, 1.82) is 0 Å². The summed E-state index contributed by atoms with van der Waals surface area (Å²) in [5.74, 6) is 0.534. The molecule has 0 amide bonds. The molecule has 0 bridgehead atoms. The van der Waals surface area contributed by atoms with E-state index in [1.807, 2.05) is 12.1 Å². The summed E-state index contributed by atoms with van der Waals surface area (Å²) in [5.41, 5.74) is 0. The molecular formula is C10H11ClO2. The van der Waals surface area contributed by atoms with Gasteiger partial charge in [0.05, 0.1) is 5.02 Å². The molecule has 0 radical (unpaired) electrons. The molecule has 2 nitrogen and oxygen atoms in total. The van der Waals surface area contributed by atoms with Crippen molar-refractivity contribution in [2.24, 2.45) is 0 Å². The lowest BCUT2D eigenvalue weighted by molar-refractivity contribution is -0.122. The van der Waals surface area contributed by atoms with E-state index in [2.05, 4.69) is 0 Å². The number of carbonyl (C=O) groups excluding carboxylic acids is 1. The van der Waals surface area contributed by atoms with E-state index in [0.717, 1.165) is 0 Å². The maximum Gasteiger partial charge on any atom is 0.169 e. The molecule has 0 aliphatic rings. The van der Waals surface area contributed by atoms with E-state index < -0.39 is 6.10 Å². The average Bonchev–Trinajstić information content (AvgIpc) is 2.08. The van der Waals surface area contributed by atoms with Crippen molar-refractivity contribution in [3.63, 3.8) is 0 Å². The van der Waals surface area contributed by atoms with E-state index in [1.165, 1.54) is 6.92 Å². The SMILES string of the molecule is CC(=O)[C@H](C)Oc1ccccc1Cl. The van der Waals surface area contributed by atoms with Gasteiger partial charge in [0.2, 0.25) is 0 Å². The molecule has 0 aliphatic heterocycles. The zero-order chi connectivity index (χ0) is 9.84. The van der Waals surface area contributed by atoms with Gasteiger partial charge in [0.15, 0.2) is 11.9 Å². The fourth-order valence-electron chi connectivity index (χ4n) is 0.814. The van der Waals surface area contributed by atoms with Crippen LogP contribution in [0.3, 0.4) is 0 Å². The Hall–Kier alpha value is -1.02. The summed E-state index contributed by atoms with van der Waals surface area (Å²) in [7, 11) is 0. The third kappa shape index (κ3) is 2.74. The zero-order valence-electron chi connectivity index (χ0n) is 7.58. The average molecular weight is 199 g/mol. The summed E-state index contributed by atoms with van der Waals surface area (Å²) < 4.78 is 5.33. The molecule has 0 unspecified atom stereocenters. The monoisotopic (exact) mass is 198 g/mol. The summed E-state index contributed by atoms with van der Waals surface area (Å²) in [5, 5.41) is 0.524. The summed E-state index contributed by atoms with van der Waals surface area (Å²) in [4.78, 5) is 10.9. The van der Waals surface area contributed by atoms with Gasteiger partial charge in [-0.3, -0.25) is 4.79 Å². The number of benzene rings is 1. The van der Waals surface area contributed by atoms with Gasteiger partial charge in [-0.05, 0) is 26.0 Å². The van der Waals surface area contributed by atoms with Crippen molar-refractivity contribution >= 4 is 17.4 Å². The molecule has 0 spiro atoms. The van der Waals surface area contributed by atoms with Crippen molar-refractivity contribution in [2.45, 2.75) is 20.0 Å². The molecule has 3 heteroatoms. The third-order valence-electron chi connectivity index (χ3n) is 1.71. The Labute approximate surface area is 82.5 Å². The molecule has 0 fully saturated rings. The van der Waals surface area contributed by atoms with Gasteiger partial charge in [-0.2, -0.15) is 0 Å². The quantitative estimate of drug-likeness (QED) is 0.747. The second kappa shape index (κ2) is 4.28. The van der Waals surface area contributed by atoms with Gasteiger partial charge in [0.25, 0.3) is 0 Å². The number of para-hydroxylation sites is 1. The molecule has 1 aromatic carbocycles. The molecule has 0 aromatic heterocycles. The number of hydrogen-bond donors (Lipinski definition) is 0. The van der Waals surface area contributed by atoms with E-state index in [9.17, 15) is 4.79 Å². The van der Waals surface area contributed by atoms with Crippen LogP contribution < -0.4 is 4.74 Å². The number of carbonyl (C=O) groups is 1. The van der Waals surface area contributed by atoms with Gasteiger partial charge >= 0.3 is 0 Å². The van der Waals surface area contributed by atoms with Crippen LogP contribution in [0.25, 0.3) is 0 Å². The smallest absolute Gasteiger partial charge is 0.169 e. The maximum absolute atomic E-state index is 10.9. The maximum atomic E-state index is 10.9. The van der Waals surface area contributed by atoms with Crippen LogP contribution in [0.2, 0.25) is 5.02 Å². The standard InChI is InChI=1S/C10H11ClO2/c1-7(12)8(2)13-10-6-4-3-5-9(10)11/h3-6,8H,1-2H3/t8-/m0/s1. The lowest BCUT2D eigenvalue weighted by Gasteiger charge is -2.12. The van der Waals surface area contributed by atoms with Crippen molar-refractivity contribution < 1.29 is 9.53 Å². The lowest BCUT2D eigenvalue weighted by Crippen LogP contribution is -2.20. The highest BCUT2D eigenvalue weighted by molar-refractivity contribution is 6.32. The molecule has 0 saturated carbocycles. The number of ketones is 1. The first-order valence-corrected chi connectivity index (χ1v) is 4.40. The predicted octanol–water partition coefficient (Wildman–Crippen LogP) is 2.70. The summed E-state index contributed by atoms with van der Waals surface area (Å²) in [6.07, 6.45) is -0.445. The molecule has 1 aromatic rings. The highest BCUT2D eigenvalue weighted by Gasteiger charge is 2.10. The van der Waals surface area contributed by atoms with E-state index in [1.54, 1.807) is 19.1 Å². The number of halogens is 1. The Kier molecular flexibility index (Phi) is 3.32. The van der Waals surface area contributed by atoms with Crippen LogP contribution in [-0.2, 0) is 4.79 Å². The molecule has 13 heavy (non-hydrogen) atoms. The Balaban J connectivity index is 2.74. The third-order valence-corrected chi connectivity index (χ3v) is 2.03. The first kappa shape index (κ1) is 10.1. The molecule has 0 saturated heterocycles. The molecular weight excluding hydrogens is 188 g/mol. The van der Waals surface area contributed by atoms with Crippen molar-refractivity contribution in [2.75, 3.05) is 0 Å². The van der Waals surface area contributed by atoms with Gasteiger partial charge in [-0.1, -0.05) is 23.7 Å². The Morgan fingerprint density at radius 1 is 1.46 bits per heavy atom. The van der Waals surface area contributed by atoms with E-state index in [4.69, 9.17) is 16.3 Å². The Morgan fingerprint density at radius 3 is 2.62 bits per heavy atom. The molecule has 70 valence electrons. The minimum Gasteiger partial charge on any atom is -0.481 e. The fourth-order valence-corrected chi connectivity index (χ4v) is 0.994. The van der Waals surface area contributed by atoms with Gasteiger partial charge in [0, 0.05) is 0 Å². The predicted molar refractivity (Wildman–Crippen MR) is 52.2 cm³/mol. The van der Waals surface area contributed by atoms with Crippen molar-refractivity contribution in [3.8, 4) is 5.75 Å². The first-order chi connectivity index (χ1) is 6.11. The highest BCUT2D eigenvalue weighted by atomic mass is 35.5. The Bertz CT molecular complexity index is 310. The van der Waals surface area contributed by atoms with Crippen molar-refractivity contribution in [1.82, 2.24) is 0 Å². The number of ether oxygens (including phenoxy) is 1. The molecule has 0 N–H and O–H groups in total. The van der Waals surface area contributed by atoms with Gasteiger partial charge < -0.3 is 4.74 Å². The normalized spacial score (nSPS) is 12.2. The number of rotatable bonds is 3. The highest BCUT2D eigenvalue weighted by Crippen LogP contribution is 2.24. The minimum atomic E-state index is -0.445. The van der Waals surface area contributed by atoms with Crippen LogP contribution in [0.4, 0.5) is 0 Å². The molecule has 1 rings (SSSR count). The van der Waals surface area contributed by atoms with Crippen LogP contribution >= 0.6 is 11.6 Å². The number of hydrogen-bond acceptors (Lipinski definition) is 2. The Morgan fingerprint density at radius 2 is 2.08 bits per heavy atom. The van der Waals surface area contributed by atoms with Crippen LogP contribution in [0, 0.1) is 0 Å². The van der Waals surface area contributed by atoms with E-state index in [-0.39, 0.29) is 5.78 Å². The second-order valence-electron chi connectivity index (χ2n) is 2.80. The first-order valence-electron chi connectivity index (χ1n) is 4.03. The van der Waals surface area contributed by atoms with Gasteiger partial charge in [-0.25, -0.2) is 0 Å². The summed E-state index contributed by atoms with van der Waals surface area (Å²) in [6, 6.07) is 7.09. The summed E-state index contributed by atoms with van der Waals surface area (Å²) in [6.45, 7) is 3.19. The van der Waals surface area contributed by atoms with Gasteiger partial charge in [0.1, 0.15) is 5.75 Å². The number of Topliss-reactive ketones (excluding diaryl/α,β-unsaturated/α-hetero) is 1. The lowest BCUT2D eigenvalue weighted by atomic mass is 10.3. The zero-order valence-corrected chi connectivity index (χ0v) is 8.34. The van der Waals surface area contributed by atoms with Crippen LogP contribution in [0.15, 0.2) is 24.3 Å². The summed E-state index contributed by atoms with van der Waals surface area (Å²) >= 11 is 5.84. The van der Waals surface area contributed by atoms with Crippen LogP contribution in [-0.4, -0.2) is 11.9 Å². The van der Waals surface area contributed by atoms with E-state index in [0.29, 0.717) is 10.8 Å². The van der Waals surface area contributed by atoms with Crippen LogP contribution in [0.5, 0.6) is 5.75 Å². The molecule has 0 aliphatic carbocycles. The van der Waals surface area contributed by atoms with Crippen molar-refractivity contribution in [3.05, 3.63) is 29.3 Å². The second-order valence-corrected chi connectivity index (χ2v) is 3.21. The topological polar surface area (TPSA) is 26.3 Å². The molecule has 1 atom stereocenters. The van der Waals surface area contributed by atoms with Crippen LogP contribution in [0.1, 0.15) is 13.8 Å². The minimum absolute atomic E-state index is 0.0140. The molecule has 0 heterocycles. The largest absolute Gasteiger partial charge is 0.481 e. The van der Waals surface area contributed by atoms with Gasteiger partial charge in [-0.15, -0.1) is 0 Å². The fraction of sp³-hybridized carbons (Fsp3) is 0.300.